The molecular weight excluding hydrogens is 470 g/mol. The first-order chi connectivity index (χ1) is 15.2. The van der Waals surface area contributed by atoms with E-state index in [1.54, 1.807) is 30.9 Å². The molecule has 0 radical (unpaired) electrons. The molecule has 11 heteroatoms. The predicted octanol–water partition coefficient (Wildman–Crippen LogP) is 3.35. The lowest BCUT2D eigenvalue weighted by molar-refractivity contribution is -0.140. The lowest BCUT2D eigenvalue weighted by Gasteiger charge is -2.42. The van der Waals surface area contributed by atoms with Gasteiger partial charge in [0.05, 0.1) is 9.85 Å². The standard InChI is InChI=1S/C21H22ClN5O3S2/c1-13-10-26(11-15-3-5-17-18(9-15)24-12-25-20(17)23)21(28)14(2)27(13)32(29,30)8-7-16-4-6-19(22)31-16/h3-9,12-14H,10-11H2,1-2H3,(H2,23,24,25)/t13-,14-/m0/s1. The average Bonchev–Trinajstić information content (AvgIpc) is 3.16. The molecule has 1 saturated heterocycles. The Bertz CT molecular complexity index is 1310. The molecule has 3 aromatic rings. The van der Waals surface area contributed by atoms with Gasteiger partial charge in [-0.05, 0) is 49.8 Å². The van der Waals surface area contributed by atoms with Crippen LogP contribution in [0.3, 0.4) is 0 Å². The van der Waals surface area contributed by atoms with E-state index in [4.69, 9.17) is 17.3 Å². The summed E-state index contributed by atoms with van der Waals surface area (Å²) >= 11 is 7.19. The van der Waals surface area contributed by atoms with E-state index >= 15 is 0 Å². The van der Waals surface area contributed by atoms with Gasteiger partial charge in [0.15, 0.2) is 0 Å². The predicted molar refractivity (Wildman–Crippen MR) is 127 cm³/mol. The number of benzene rings is 1. The first-order valence-electron chi connectivity index (χ1n) is 9.90. The maximum Gasteiger partial charge on any atom is 0.241 e. The minimum Gasteiger partial charge on any atom is -0.383 e. The van der Waals surface area contributed by atoms with Crippen LogP contribution in [0.15, 0.2) is 42.1 Å². The SMILES string of the molecule is C[C@H]1CN(Cc2ccc3c(N)ncnc3c2)C(=O)[C@H](C)N1S(=O)(=O)C=Cc1ccc(Cl)s1. The van der Waals surface area contributed by atoms with Gasteiger partial charge in [-0.1, -0.05) is 17.7 Å². The molecule has 0 aliphatic carbocycles. The fraction of sp³-hybridized carbons (Fsp3) is 0.286. The average molecular weight is 492 g/mol. The van der Waals surface area contributed by atoms with Gasteiger partial charge in [0.2, 0.25) is 15.9 Å². The lowest BCUT2D eigenvalue weighted by Crippen LogP contribution is -2.60. The van der Waals surface area contributed by atoms with Gasteiger partial charge in [0, 0.05) is 34.8 Å². The normalized spacial score (nSPS) is 20.5. The van der Waals surface area contributed by atoms with Crippen molar-refractivity contribution in [3.05, 3.63) is 56.8 Å². The number of anilines is 1. The molecule has 32 heavy (non-hydrogen) atoms. The number of hydrogen-bond acceptors (Lipinski definition) is 7. The molecule has 2 atom stereocenters. The van der Waals surface area contributed by atoms with E-state index in [9.17, 15) is 13.2 Å². The van der Waals surface area contributed by atoms with E-state index in [0.717, 1.165) is 21.2 Å². The van der Waals surface area contributed by atoms with E-state index in [-0.39, 0.29) is 18.5 Å². The molecule has 0 spiro atoms. The zero-order chi connectivity index (χ0) is 23.0. The van der Waals surface area contributed by atoms with Crippen molar-refractivity contribution in [3.63, 3.8) is 0 Å². The highest BCUT2D eigenvalue weighted by Crippen LogP contribution is 2.27. The molecule has 1 amide bonds. The van der Waals surface area contributed by atoms with Crippen molar-refractivity contribution in [2.45, 2.75) is 32.5 Å². The molecule has 1 aliphatic heterocycles. The largest absolute Gasteiger partial charge is 0.383 e. The number of amides is 1. The van der Waals surface area contributed by atoms with Crippen molar-refractivity contribution in [1.29, 1.82) is 0 Å². The molecule has 168 valence electrons. The number of fused-ring (bicyclic) bond motifs is 1. The van der Waals surface area contributed by atoms with Crippen LogP contribution in [0.25, 0.3) is 17.0 Å². The number of thiophene rings is 1. The highest BCUT2D eigenvalue weighted by Gasteiger charge is 2.41. The summed E-state index contributed by atoms with van der Waals surface area (Å²) < 4.78 is 27.8. The fourth-order valence-corrected chi connectivity index (χ4v) is 6.55. The van der Waals surface area contributed by atoms with Gasteiger partial charge in [0.25, 0.3) is 0 Å². The van der Waals surface area contributed by atoms with E-state index in [1.165, 1.54) is 28.0 Å². The van der Waals surface area contributed by atoms with Crippen LogP contribution >= 0.6 is 22.9 Å². The van der Waals surface area contributed by atoms with Crippen LogP contribution in [0.5, 0.6) is 0 Å². The Hall–Kier alpha value is -2.53. The third-order valence-electron chi connectivity index (χ3n) is 5.37. The number of nitrogens with two attached hydrogens (primary N) is 1. The van der Waals surface area contributed by atoms with E-state index in [0.29, 0.717) is 22.2 Å². The highest BCUT2D eigenvalue weighted by atomic mass is 35.5. The molecule has 1 aliphatic rings. The second-order valence-corrected chi connectivity index (χ2v) is 11.1. The van der Waals surface area contributed by atoms with Crippen molar-refractivity contribution in [3.8, 4) is 0 Å². The number of nitrogen functional groups attached to an aromatic ring is 1. The topological polar surface area (TPSA) is 109 Å². The van der Waals surface area contributed by atoms with Crippen molar-refractivity contribution in [2.24, 2.45) is 0 Å². The van der Waals surface area contributed by atoms with Crippen LogP contribution in [-0.4, -0.2) is 52.1 Å². The Morgan fingerprint density at radius 1 is 1.25 bits per heavy atom. The summed E-state index contributed by atoms with van der Waals surface area (Å²) in [5, 5.41) is 1.89. The number of hydrogen-bond donors (Lipinski definition) is 1. The molecular formula is C21H22ClN5O3S2. The number of aromatic nitrogens is 2. The molecule has 2 N–H and O–H groups in total. The Kier molecular flexibility index (Phi) is 6.22. The third kappa shape index (κ3) is 4.49. The van der Waals surface area contributed by atoms with Crippen molar-refractivity contribution >= 4 is 61.7 Å². The van der Waals surface area contributed by atoms with Crippen LogP contribution < -0.4 is 5.73 Å². The van der Waals surface area contributed by atoms with Gasteiger partial charge in [-0.2, -0.15) is 4.31 Å². The number of halogens is 1. The first-order valence-corrected chi connectivity index (χ1v) is 12.6. The molecule has 4 rings (SSSR count). The van der Waals surface area contributed by atoms with Gasteiger partial charge >= 0.3 is 0 Å². The number of rotatable bonds is 5. The van der Waals surface area contributed by atoms with Gasteiger partial charge in [-0.3, -0.25) is 4.79 Å². The molecule has 2 aromatic heterocycles. The van der Waals surface area contributed by atoms with Gasteiger partial charge < -0.3 is 10.6 Å². The first kappa shape index (κ1) is 22.7. The highest BCUT2D eigenvalue weighted by molar-refractivity contribution is 7.92. The van der Waals surface area contributed by atoms with Crippen LogP contribution in [0.1, 0.15) is 24.3 Å². The summed E-state index contributed by atoms with van der Waals surface area (Å²) in [6.07, 6.45) is 2.91. The van der Waals surface area contributed by atoms with Gasteiger partial charge in [-0.25, -0.2) is 18.4 Å². The Labute approximate surface area is 195 Å². The molecule has 0 unspecified atom stereocenters. The molecule has 3 heterocycles. The molecule has 0 saturated carbocycles. The second-order valence-electron chi connectivity index (χ2n) is 7.67. The quantitative estimate of drug-likeness (QED) is 0.586. The molecule has 1 aromatic carbocycles. The molecule has 8 nitrogen and oxygen atoms in total. The minimum atomic E-state index is -3.80. The van der Waals surface area contributed by atoms with Gasteiger partial charge in [0.1, 0.15) is 18.2 Å². The number of carbonyl (C=O) groups is 1. The summed E-state index contributed by atoms with van der Waals surface area (Å²) in [7, 11) is -3.80. The Morgan fingerprint density at radius 2 is 2.03 bits per heavy atom. The van der Waals surface area contributed by atoms with Crippen molar-refractivity contribution in [2.75, 3.05) is 12.3 Å². The summed E-state index contributed by atoms with van der Waals surface area (Å²) in [5.74, 6) is 0.151. The monoisotopic (exact) mass is 491 g/mol. The second kappa shape index (κ2) is 8.78. The lowest BCUT2D eigenvalue weighted by atomic mass is 10.1. The number of carbonyl (C=O) groups excluding carboxylic acids is 1. The Balaban J connectivity index is 1.52. The summed E-state index contributed by atoms with van der Waals surface area (Å²) in [4.78, 5) is 23.7. The van der Waals surface area contributed by atoms with Crippen LogP contribution in [0, 0.1) is 0 Å². The zero-order valence-electron chi connectivity index (χ0n) is 17.5. The summed E-state index contributed by atoms with van der Waals surface area (Å²) in [6.45, 7) is 4.06. The number of nitrogens with zero attached hydrogens (tertiary/aromatic N) is 4. The maximum absolute atomic E-state index is 13.1. The van der Waals surface area contributed by atoms with Crippen LogP contribution in [-0.2, 0) is 21.4 Å². The minimum absolute atomic E-state index is 0.249. The van der Waals surface area contributed by atoms with E-state index in [1.807, 2.05) is 18.2 Å². The Morgan fingerprint density at radius 3 is 2.75 bits per heavy atom. The fourth-order valence-electron chi connectivity index (χ4n) is 3.94. The zero-order valence-corrected chi connectivity index (χ0v) is 19.9. The maximum atomic E-state index is 13.1. The van der Waals surface area contributed by atoms with Gasteiger partial charge in [-0.15, -0.1) is 11.3 Å². The van der Waals surface area contributed by atoms with Crippen LogP contribution in [0.2, 0.25) is 4.34 Å². The van der Waals surface area contributed by atoms with E-state index < -0.39 is 16.1 Å². The van der Waals surface area contributed by atoms with Crippen molar-refractivity contribution < 1.29 is 13.2 Å². The molecule has 1 fully saturated rings. The van der Waals surface area contributed by atoms with Crippen molar-refractivity contribution in [1.82, 2.24) is 19.2 Å². The number of sulfonamides is 1. The van der Waals surface area contributed by atoms with Crippen LogP contribution in [0.4, 0.5) is 5.82 Å². The number of piperazine rings is 1. The smallest absolute Gasteiger partial charge is 0.241 e. The summed E-state index contributed by atoms with van der Waals surface area (Å²) in [6, 6.07) is 7.83. The molecule has 0 bridgehead atoms. The van der Waals surface area contributed by atoms with E-state index in [2.05, 4.69) is 9.97 Å². The third-order valence-corrected chi connectivity index (χ3v) is 8.31. The summed E-state index contributed by atoms with van der Waals surface area (Å²) in [5.41, 5.74) is 7.46.